The van der Waals surface area contributed by atoms with E-state index in [-0.39, 0.29) is 0 Å². The van der Waals surface area contributed by atoms with Crippen LogP contribution < -0.4 is 0 Å². The van der Waals surface area contributed by atoms with Crippen LogP contribution in [0, 0.1) is 0 Å². The monoisotopic (exact) mass is 185 g/mol. The molecule has 0 aromatic carbocycles. The van der Waals surface area contributed by atoms with Crippen LogP contribution in [0.15, 0.2) is 12.7 Å². The van der Waals surface area contributed by atoms with Crippen molar-refractivity contribution in [3.63, 3.8) is 0 Å². The smallest absolute Gasteiger partial charge is 0.378 e. The maximum Gasteiger partial charge on any atom is 0.417 e. The molecule has 1 fully saturated rings. The first-order valence-corrected chi connectivity index (χ1v) is 3.95. The number of ether oxygens (including phenoxy) is 2. The van der Waals surface area contributed by atoms with E-state index in [4.69, 9.17) is 4.74 Å². The lowest BCUT2D eigenvalue weighted by atomic mass is 10.5. The molecule has 0 aromatic heterocycles. The average molecular weight is 185 g/mol. The van der Waals surface area contributed by atoms with Crippen molar-refractivity contribution in [2.45, 2.75) is 0 Å². The number of nitrogens with zero attached hydrogens (tertiary/aromatic N) is 1. The lowest BCUT2D eigenvalue weighted by Gasteiger charge is -2.25. The summed E-state index contributed by atoms with van der Waals surface area (Å²) in [7, 11) is 0. The standard InChI is InChI=1S/C8H11NO4/c1-2-7(10)13-8(11)9-3-5-12-6-4-9/h2H,1,3-6H2. The van der Waals surface area contributed by atoms with Crippen molar-refractivity contribution in [1.82, 2.24) is 4.90 Å². The van der Waals surface area contributed by atoms with Gasteiger partial charge in [0.15, 0.2) is 0 Å². The Morgan fingerprint density at radius 2 is 2.00 bits per heavy atom. The van der Waals surface area contributed by atoms with Crippen molar-refractivity contribution in [3.8, 4) is 0 Å². The van der Waals surface area contributed by atoms with Crippen molar-refractivity contribution >= 4 is 12.1 Å². The maximum absolute atomic E-state index is 11.1. The third kappa shape index (κ3) is 2.87. The van der Waals surface area contributed by atoms with E-state index in [1.165, 1.54) is 4.90 Å². The molecule has 5 heteroatoms. The second-order valence-electron chi connectivity index (χ2n) is 2.49. The van der Waals surface area contributed by atoms with E-state index in [0.717, 1.165) is 6.08 Å². The predicted molar refractivity (Wildman–Crippen MR) is 44.1 cm³/mol. The lowest BCUT2D eigenvalue weighted by molar-refractivity contribution is -0.133. The van der Waals surface area contributed by atoms with Crippen molar-refractivity contribution in [2.24, 2.45) is 0 Å². The minimum absolute atomic E-state index is 0.462. The van der Waals surface area contributed by atoms with E-state index < -0.39 is 12.1 Å². The molecular weight excluding hydrogens is 174 g/mol. The summed E-state index contributed by atoms with van der Waals surface area (Å²) >= 11 is 0. The summed E-state index contributed by atoms with van der Waals surface area (Å²) in [6, 6.07) is 0. The Labute approximate surface area is 75.9 Å². The van der Waals surface area contributed by atoms with E-state index in [1.54, 1.807) is 0 Å². The number of carbonyl (C=O) groups is 2. The zero-order valence-electron chi connectivity index (χ0n) is 7.19. The van der Waals surface area contributed by atoms with Crippen LogP contribution in [0.1, 0.15) is 0 Å². The van der Waals surface area contributed by atoms with E-state index >= 15 is 0 Å². The van der Waals surface area contributed by atoms with Gasteiger partial charge in [0.05, 0.1) is 13.2 Å². The highest BCUT2D eigenvalue weighted by Crippen LogP contribution is 1.99. The number of carbonyl (C=O) groups excluding carboxylic acids is 2. The van der Waals surface area contributed by atoms with Crippen molar-refractivity contribution in [3.05, 3.63) is 12.7 Å². The predicted octanol–water partition coefficient (Wildman–Crippen LogP) is 0.168. The van der Waals surface area contributed by atoms with Gasteiger partial charge >= 0.3 is 12.1 Å². The fourth-order valence-electron chi connectivity index (χ4n) is 0.938. The Hall–Kier alpha value is -1.36. The molecule has 1 amide bonds. The molecule has 0 bridgehead atoms. The molecule has 13 heavy (non-hydrogen) atoms. The molecule has 1 aliphatic heterocycles. The van der Waals surface area contributed by atoms with Crippen LogP contribution in [0.4, 0.5) is 4.79 Å². The molecule has 5 nitrogen and oxygen atoms in total. The van der Waals surface area contributed by atoms with Crippen LogP contribution in [-0.4, -0.2) is 43.3 Å². The van der Waals surface area contributed by atoms with Crippen LogP contribution in [-0.2, 0) is 14.3 Å². The van der Waals surface area contributed by atoms with Crippen LogP contribution in [0.2, 0.25) is 0 Å². The van der Waals surface area contributed by atoms with Gasteiger partial charge in [-0.3, -0.25) is 0 Å². The van der Waals surface area contributed by atoms with Gasteiger partial charge in [0.25, 0.3) is 0 Å². The second-order valence-corrected chi connectivity index (χ2v) is 2.49. The molecule has 1 saturated heterocycles. The first-order chi connectivity index (χ1) is 6.24. The van der Waals surface area contributed by atoms with E-state index in [1.807, 2.05) is 0 Å². The molecule has 72 valence electrons. The van der Waals surface area contributed by atoms with Gasteiger partial charge in [-0.1, -0.05) is 6.58 Å². The summed E-state index contributed by atoms with van der Waals surface area (Å²) in [5.41, 5.74) is 0. The highest BCUT2D eigenvalue weighted by molar-refractivity contribution is 5.91. The fourth-order valence-corrected chi connectivity index (χ4v) is 0.938. The fraction of sp³-hybridized carbons (Fsp3) is 0.500. The molecule has 0 saturated carbocycles. The molecule has 0 aliphatic carbocycles. The Morgan fingerprint density at radius 1 is 1.38 bits per heavy atom. The van der Waals surface area contributed by atoms with Crippen LogP contribution in [0.25, 0.3) is 0 Å². The molecule has 0 aromatic rings. The number of esters is 1. The highest BCUT2D eigenvalue weighted by atomic mass is 16.6. The highest BCUT2D eigenvalue weighted by Gasteiger charge is 2.19. The molecule has 0 N–H and O–H groups in total. The molecule has 0 unspecified atom stereocenters. The Morgan fingerprint density at radius 3 is 2.54 bits per heavy atom. The topological polar surface area (TPSA) is 55.8 Å². The largest absolute Gasteiger partial charge is 0.417 e. The van der Waals surface area contributed by atoms with Crippen LogP contribution in [0.5, 0.6) is 0 Å². The molecule has 1 aliphatic rings. The summed E-state index contributed by atoms with van der Waals surface area (Å²) in [5.74, 6) is -0.725. The van der Waals surface area contributed by atoms with Crippen LogP contribution in [0.3, 0.4) is 0 Å². The van der Waals surface area contributed by atoms with Gasteiger partial charge in [-0.25, -0.2) is 9.59 Å². The van der Waals surface area contributed by atoms with Crippen molar-refractivity contribution in [2.75, 3.05) is 26.3 Å². The van der Waals surface area contributed by atoms with Gasteiger partial charge in [-0.05, 0) is 0 Å². The summed E-state index contributed by atoms with van der Waals surface area (Å²) < 4.78 is 9.44. The van der Waals surface area contributed by atoms with Crippen molar-refractivity contribution < 1.29 is 19.1 Å². The zero-order chi connectivity index (χ0) is 9.68. The zero-order valence-corrected chi connectivity index (χ0v) is 7.19. The normalized spacial score (nSPS) is 16.5. The minimum Gasteiger partial charge on any atom is -0.378 e. The Bertz CT molecular complexity index is 220. The number of amides is 1. The van der Waals surface area contributed by atoms with E-state index in [9.17, 15) is 9.59 Å². The number of rotatable bonds is 1. The molecule has 1 rings (SSSR count). The first-order valence-electron chi connectivity index (χ1n) is 3.95. The van der Waals surface area contributed by atoms with Gasteiger partial charge in [-0.15, -0.1) is 0 Å². The second kappa shape index (κ2) is 4.61. The third-order valence-corrected chi connectivity index (χ3v) is 1.62. The Kier molecular flexibility index (Phi) is 3.45. The summed E-state index contributed by atoms with van der Waals surface area (Å²) in [6.07, 6.45) is 0.325. The van der Waals surface area contributed by atoms with E-state index in [2.05, 4.69) is 11.3 Å². The third-order valence-electron chi connectivity index (χ3n) is 1.62. The molecule has 0 radical (unpaired) electrons. The molecule has 1 heterocycles. The SMILES string of the molecule is C=CC(=O)OC(=O)N1CCOCC1. The molecular formula is C8H11NO4. The lowest BCUT2D eigenvalue weighted by Crippen LogP contribution is -2.41. The van der Waals surface area contributed by atoms with Gasteiger partial charge in [-0.2, -0.15) is 0 Å². The molecule has 0 atom stereocenters. The quantitative estimate of drug-likeness (QED) is 0.332. The maximum atomic E-state index is 11.1. The summed E-state index contributed by atoms with van der Waals surface area (Å²) in [6.45, 7) is 5.08. The minimum atomic E-state index is -0.725. The number of morpholine rings is 1. The van der Waals surface area contributed by atoms with Crippen LogP contribution >= 0.6 is 0 Å². The number of hydrogen-bond acceptors (Lipinski definition) is 4. The molecule has 0 spiro atoms. The average Bonchev–Trinajstić information content (AvgIpc) is 2.19. The van der Waals surface area contributed by atoms with Gasteiger partial charge < -0.3 is 14.4 Å². The van der Waals surface area contributed by atoms with Crippen molar-refractivity contribution in [1.29, 1.82) is 0 Å². The van der Waals surface area contributed by atoms with Gasteiger partial charge in [0, 0.05) is 19.2 Å². The first kappa shape index (κ1) is 9.73. The summed E-state index contributed by atoms with van der Waals surface area (Å²) in [4.78, 5) is 23.2. The Balaban J connectivity index is 2.37. The van der Waals surface area contributed by atoms with Gasteiger partial charge in [0.2, 0.25) is 0 Å². The van der Waals surface area contributed by atoms with Gasteiger partial charge in [0.1, 0.15) is 0 Å². The number of hydrogen-bond donors (Lipinski definition) is 0. The van der Waals surface area contributed by atoms with E-state index in [0.29, 0.717) is 26.3 Å². The summed E-state index contributed by atoms with van der Waals surface area (Å²) in [5, 5.41) is 0.